The predicted molar refractivity (Wildman–Crippen MR) is 144 cm³/mol. The molecule has 0 aromatic heterocycles. The number of fused-ring (bicyclic) bond motifs is 1. The predicted octanol–water partition coefficient (Wildman–Crippen LogP) is 6.78. The van der Waals surface area contributed by atoms with Crippen LogP contribution in [0.4, 0.5) is 5.69 Å². The third-order valence-corrected chi connectivity index (χ3v) is 6.36. The lowest BCUT2D eigenvalue weighted by Crippen LogP contribution is -2.20. The molecule has 0 saturated carbocycles. The van der Waals surface area contributed by atoms with Crippen LogP contribution in [0, 0.1) is 0 Å². The van der Waals surface area contributed by atoms with Crippen molar-refractivity contribution in [3.05, 3.63) is 95.6 Å². The summed E-state index contributed by atoms with van der Waals surface area (Å²) >= 11 is 1.85. The zero-order valence-corrected chi connectivity index (χ0v) is 20.7. The van der Waals surface area contributed by atoms with E-state index in [-0.39, 0.29) is 24.8 Å². The molecule has 1 heterocycles. The van der Waals surface area contributed by atoms with Crippen LogP contribution >= 0.6 is 36.6 Å². The Bertz CT molecular complexity index is 1070. The fourth-order valence-electron chi connectivity index (χ4n) is 3.49. The largest absolute Gasteiger partial charge is 0.497 e. The lowest BCUT2D eigenvalue weighted by Gasteiger charge is -2.18. The van der Waals surface area contributed by atoms with Crippen molar-refractivity contribution in [3.8, 4) is 5.75 Å². The first-order valence-corrected chi connectivity index (χ1v) is 11.1. The molecule has 0 fully saturated rings. The van der Waals surface area contributed by atoms with Crippen molar-refractivity contribution in [1.29, 1.82) is 0 Å². The number of aliphatic imine (C=N–C) groups is 1. The molecule has 3 aromatic carbocycles. The number of halogens is 2. The summed E-state index contributed by atoms with van der Waals surface area (Å²) in [6.07, 6.45) is 4.35. The highest BCUT2D eigenvalue weighted by Gasteiger charge is 2.13. The molecule has 0 bridgehead atoms. The number of hydrogen-bond donors (Lipinski definition) is 0. The van der Waals surface area contributed by atoms with Crippen LogP contribution in [0.25, 0.3) is 6.08 Å². The number of methoxy groups -OCH3 is 1. The summed E-state index contributed by atoms with van der Waals surface area (Å²) in [5, 5.41) is 0. The number of rotatable bonds is 6. The molecular weight excluding hydrogens is 459 g/mol. The van der Waals surface area contributed by atoms with E-state index in [1.165, 1.54) is 27.3 Å². The summed E-state index contributed by atoms with van der Waals surface area (Å²) < 4.78 is 5.25. The minimum absolute atomic E-state index is 0. The van der Waals surface area contributed by atoms with Gasteiger partial charge in [-0.25, -0.2) is 0 Å². The van der Waals surface area contributed by atoms with E-state index in [0.29, 0.717) is 0 Å². The van der Waals surface area contributed by atoms with Crippen molar-refractivity contribution in [2.75, 3.05) is 32.1 Å². The zero-order valence-electron chi connectivity index (χ0n) is 18.2. The molecule has 0 radical (unpaired) electrons. The number of ether oxygens (including phenoxy) is 1. The molecule has 3 aromatic rings. The quantitative estimate of drug-likeness (QED) is 0.358. The average Bonchev–Trinajstić information content (AvgIpc) is 2.96. The van der Waals surface area contributed by atoms with Crippen LogP contribution in [0.2, 0.25) is 0 Å². The van der Waals surface area contributed by atoms with E-state index in [0.717, 1.165) is 30.3 Å². The first kappa shape index (κ1) is 25.9. The van der Waals surface area contributed by atoms with Crippen molar-refractivity contribution in [2.45, 2.75) is 10.6 Å². The highest BCUT2D eigenvalue weighted by molar-refractivity contribution is 7.98. The molecule has 3 nitrogen and oxygen atoms in total. The molecule has 0 amide bonds. The van der Waals surface area contributed by atoms with Crippen molar-refractivity contribution in [3.63, 3.8) is 0 Å². The highest BCUT2D eigenvalue weighted by atomic mass is 35.5. The van der Waals surface area contributed by atoms with E-state index in [1.807, 2.05) is 23.9 Å². The van der Waals surface area contributed by atoms with Gasteiger partial charge in [0.25, 0.3) is 0 Å². The first-order valence-electron chi connectivity index (χ1n) is 10.1. The Morgan fingerprint density at radius 3 is 2.44 bits per heavy atom. The number of allylic oxidation sites excluding steroid dienone is 1. The minimum Gasteiger partial charge on any atom is -0.497 e. The summed E-state index contributed by atoms with van der Waals surface area (Å²) in [4.78, 5) is 8.38. The van der Waals surface area contributed by atoms with Crippen LogP contribution < -0.4 is 9.64 Å². The van der Waals surface area contributed by atoms with Gasteiger partial charge in [0, 0.05) is 35.5 Å². The number of para-hydroxylation sites is 1. The molecule has 0 atom stereocenters. The number of nitrogens with zero attached hydrogens (tertiary/aromatic N) is 2. The Kier molecular flexibility index (Phi) is 10.2. The second kappa shape index (κ2) is 12.6. The van der Waals surface area contributed by atoms with E-state index in [1.54, 1.807) is 7.11 Å². The Hall–Kier alpha value is -2.40. The highest BCUT2D eigenvalue weighted by Crippen LogP contribution is 2.29. The lowest BCUT2D eigenvalue weighted by atomic mass is 10.1. The Labute approximate surface area is 207 Å². The van der Waals surface area contributed by atoms with Gasteiger partial charge in [-0.2, -0.15) is 0 Å². The summed E-state index contributed by atoms with van der Waals surface area (Å²) in [6, 6.07) is 25.3. The van der Waals surface area contributed by atoms with E-state index >= 15 is 0 Å². The van der Waals surface area contributed by atoms with Crippen LogP contribution in [0.1, 0.15) is 16.7 Å². The van der Waals surface area contributed by atoms with Crippen LogP contribution in [-0.4, -0.2) is 33.0 Å². The molecular formula is C26H28Cl2N2OS. The van der Waals surface area contributed by atoms with Crippen LogP contribution in [0.5, 0.6) is 5.75 Å². The van der Waals surface area contributed by atoms with Gasteiger partial charge in [0.15, 0.2) is 0 Å². The molecule has 0 N–H and O–H groups in total. The lowest BCUT2D eigenvalue weighted by molar-refractivity contribution is 0.414. The minimum atomic E-state index is 0. The molecule has 6 heteroatoms. The Balaban J connectivity index is 0.00000181. The molecule has 0 unspecified atom stereocenters. The fourth-order valence-corrected chi connectivity index (χ4v) is 4.49. The second-order valence-corrected chi connectivity index (χ2v) is 8.23. The Morgan fingerprint density at radius 1 is 0.938 bits per heavy atom. The topological polar surface area (TPSA) is 24.8 Å². The number of benzodiazepines with no additional fused rings is 1. The van der Waals surface area contributed by atoms with E-state index < -0.39 is 0 Å². The van der Waals surface area contributed by atoms with Crippen molar-refractivity contribution in [2.24, 2.45) is 4.99 Å². The molecule has 0 spiro atoms. The number of benzene rings is 3. The van der Waals surface area contributed by atoms with Crippen LogP contribution in [0.3, 0.4) is 0 Å². The molecule has 32 heavy (non-hydrogen) atoms. The Morgan fingerprint density at radius 2 is 1.66 bits per heavy atom. The van der Waals surface area contributed by atoms with Gasteiger partial charge in [0.05, 0.1) is 19.4 Å². The maximum absolute atomic E-state index is 5.25. The van der Waals surface area contributed by atoms with Crippen LogP contribution in [0.15, 0.2) is 88.8 Å². The summed E-state index contributed by atoms with van der Waals surface area (Å²) in [6.45, 7) is 1.74. The van der Waals surface area contributed by atoms with E-state index in [2.05, 4.69) is 84.8 Å². The zero-order chi connectivity index (χ0) is 20.8. The molecule has 4 rings (SSSR count). The smallest absolute Gasteiger partial charge is 0.118 e. The van der Waals surface area contributed by atoms with Gasteiger partial charge in [0.2, 0.25) is 0 Å². The summed E-state index contributed by atoms with van der Waals surface area (Å²) in [5.74, 6) is 1.81. The van der Waals surface area contributed by atoms with Gasteiger partial charge >= 0.3 is 0 Å². The fraction of sp³-hybridized carbons (Fsp3) is 0.192. The average molecular weight is 487 g/mol. The van der Waals surface area contributed by atoms with Crippen molar-refractivity contribution < 1.29 is 4.74 Å². The second-order valence-electron chi connectivity index (χ2n) is 7.21. The first-order chi connectivity index (χ1) is 14.7. The normalized spacial score (nSPS) is 12.8. The van der Waals surface area contributed by atoms with Crippen molar-refractivity contribution in [1.82, 2.24) is 0 Å². The third kappa shape index (κ3) is 6.32. The van der Waals surface area contributed by atoms with Crippen LogP contribution in [-0.2, 0) is 5.75 Å². The molecule has 1 aliphatic rings. The van der Waals surface area contributed by atoms with Gasteiger partial charge in [-0.1, -0.05) is 54.6 Å². The molecule has 0 saturated heterocycles. The SMILES string of the molecule is COc1ccc(CSc2ccccc2C=CC2=NCCN(C)c3ccccc32)cc1.Cl.Cl. The van der Waals surface area contributed by atoms with Gasteiger partial charge in [-0.15, -0.1) is 36.6 Å². The van der Waals surface area contributed by atoms with Gasteiger partial charge < -0.3 is 9.64 Å². The van der Waals surface area contributed by atoms with Crippen molar-refractivity contribution >= 4 is 54.1 Å². The number of hydrogen-bond acceptors (Lipinski definition) is 4. The molecule has 1 aliphatic heterocycles. The van der Waals surface area contributed by atoms with E-state index in [9.17, 15) is 0 Å². The maximum Gasteiger partial charge on any atom is 0.118 e. The molecule has 0 aliphatic carbocycles. The standard InChI is InChI=1S/C26H26N2OS.2ClH/c1-28-18-17-27-24(23-8-4-5-9-25(23)28)16-13-21-7-3-6-10-26(21)30-19-20-11-14-22(29-2)15-12-20;;/h3-16H,17-19H2,1-2H3;2*1H. The number of anilines is 1. The molecule has 168 valence electrons. The van der Waals surface area contributed by atoms with Gasteiger partial charge in [0.1, 0.15) is 5.75 Å². The third-order valence-electron chi connectivity index (χ3n) is 5.20. The monoisotopic (exact) mass is 486 g/mol. The maximum atomic E-state index is 5.25. The van der Waals surface area contributed by atoms with Gasteiger partial charge in [-0.3, -0.25) is 4.99 Å². The van der Waals surface area contributed by atoms with E-state index in [4.69, 9.17) is 9.73 Å². The summed E-state index contributed by atoms with van der Waals surface area (Å²) in [5.41, 5.74) is 5.97. The number of likely N-dealkylation sites (N-methyl/N-ethyl adjacent to an activating group) is 1. The number of thioether (sulfide) groups is 1. The summed E-state index contributed by atoms with van der Waals surface area (Å²) in [7, 11) is 3.83. The van der Waals surface area contributed by atoms with Gasteiger partial charge in [-0.05, 0) is 41.5 Å².